The summed E-state index contributed by atoms with van der Waals surface area (Å²) in [7, 11) is 0. The first kappa shape index (κ1) is 11.5. The highest BCUT2D eigenvalue weighted by atomic mass is 35.5. The maximum atomic E-state index is 5.81. The van der Waals surface area contributed by atoms with Crippen LogP contribution in [0.25, 0.3) is 0 Å². The van der Waals surface area contributed by atoms with Crippen molar-refractivity contribution >= 4 is 11.6 Å². The van der Waals surface area contributed by atoms with Crippen LogP contribution in [0.1, 0.15) is 6.42 Å². The molecule has 0 aromatic carbocycles. The predicted octanol–water partition coefficient (Wildman–Crippen LogP) is 2.86. The van der Waals surface area contributed by atoms with E-state index in [4.69, 9.17) is 21.1 Å². The molecular formula is C11H15ClO2. The van der Waals surface area contributed by atoms with Gasteiger partial charge in [0.15, 0.2) is 5.79 Å². The fourth-order valence-electron chi connectivity index (χ4n) is 1.34. The molecule has 14 heavy (non-hydrogen) atoms. The van der Waals surface area contributed by atoms with Gasteiger partial charge in [-0.3, -0.25) is 0 Å². The third-order valence-electron chi connectivity index (χ3n) is 2.13. The fraction of sp³-hybridized carbons (Fsp3) is 0.455. The molecule has 0 heterocycles. The molecule has 1 atom stereocenters. The second-order valence-electron chi connectivity index (χ2n) is 3.21. The van der Waals surface area contributed by atoms with E-state index in [1.165, 1.54) is 0 Å². The third-order valence-corrected chi connectivity index (χ3v) is 2.39. The van der Waals surface area contributed by atoms with E-state index in [2.05, 4.69) is 19.7 Å². The van der Waals surface area contributed by atoms with Gasteiger partial charge >= 0.3 is 0 Å². The van der Waals surface area contributed by atoms with Crippen LogP contribution in [-0.4, -0.2) is 19.0 Å². The summed E-state index contributed by atoms with van der Waals surface area (Å²) in [5.41, 5.74) is 0. The average molecular weight is 215 g/mol. The molecule has 0 aliphatic heterocycles. The molecule has 78 valence electrons. The fourth-order valence-corrected chi connectivity index (χ4v) is 1.58. The highest BCUT2D eigenvalue weighted by Crippen LogP contribution is 2.52. The smallest absolute Gasteiger partial charge is 0.177 e. The van der Waals surface area contributed by atoms with Crippen molar-refractivity contribution in [2.75, 3.05) is 13.2 Å². The lowest BCUT2D eigenvalue weighted by Crippen LogP contribution is -2.22. The Kier molecular flexibility index (Phi) is 3.93. The first-order valence-electron chi connectivity index (χ1n) is 4.50. The standard InChI is InChI=1S/C11H15ClO2/c1-4-6-13-11(14-7-5-2)8-10(11)9(3)12/h4-5,10H,1-3,6-8H2/t10-/m0/s1. The maximum absolute atomic E-state index is 5.81. The van der Waals surface area contributed by atoms with Gasteiger partial charge in [-0.25, -0.2) is 0 Å². The van der Waals surface area contributed by atoms with Crippen LogP contribution in [0.4, 0.5) is 0 Å². The van der Waals surface area contributed by atoms with Crippen molar-refractivity contribution in [1.82, 2.24) is 0 Å². The zero-order valence-electron chi connectivity index (χ0n) is 8.17. The van der Waals surface area contributed by atoms with Gasteiger partial charge < -0.3 is 9.47 Å². The van der Waals surface area contributed by atoms with E-state index in [1.807, 2.05) is 0 Å². The average Bonchev–Trinajstić information content (AvgIpc) is 2.88. The van der Waals surface area contributed by atoms with Crippen LogP contribution in [0, 0.1) is 5.92 Å². The Morgan fingerprint density at radius 2 is 1.86 bits per heavy atom. The van der Waals surface area contributed by atoms with E-state index in [1.54, 1.807) is 12.2 Å². The Balaban J connectivity index is 2.50. The zero-order valence-corrected chi connectivity index (χ0v) is 8.93. The van der Waals surface area contributed by atoms with Gasteiger partial charge in [-0.15, -0.1) is 13.2 Å². The van der Waals surface area contributed by atoms with E-state index < -0.39 is 5.79 Å². The van der Waals surface area contributed by atoms with E-state index in [-0.39, 0.29) is 5.92 Å². The van der Waals surface area contributed by atoms with Crippen molar-refractivity contribution in [2.45, 2.75) is 12.2 Å². The maximum Gasteiger partial charge on any atom is 0.177 e. The molecule has 1 aliphatic carbocycles. The lowest BCUT2D eigenvalue weighted by atomic mass is 10.4. The minimum Gasteiger partial charge on any atom is -0.345 e. The minimum atomic E-state index is -0.582. The van der Waals surface area contributed by atoms with Gasteiger partial charge in [0.05, 0.1) is 19.1 Å². The molecule has 1 rings (SSSR count). The van der Waals surface area contributed by atoms with E-state index >= 15 is 0 Å². The second-order valence-corrected chi connectivity index (χ2v) is 3.70. The molecule has 0 aromatic rings. The summed E-state index contributed by atoms with van der Waals surface area (Å²) in [6.07, 6.45) is 4.13. The second kappa shape index (κ2) is 4.78. The summed E-state index contributed by atoms with van der Waals surface area (Å²) in [5, 5.41) is 0.582. The normalized spacial score (nSPS) is 22.8. The molecule has 0 aromatic heterocycles. The summed E-state index contributed by atoms with van der Waals surface area (Å²) < 4.78 is 11.1. The first-order valence-corrected chi connectivity index (χ1v) is 4.88. The highest BCUT2D eigenvalue weighted by Gasteiger charge is 2.58. The number of rotatable bonds is 7. The van der Waals surface area contributed by atoms with Crippen LogP contribution in [0.3, 0.4) is 0 Å². The molecule has 0 spiro atoms. The zero-order chi connectivity index (χ0) is 10.6. The summed E-state index contributed by atoms with van der Waals surface area (Å²) >= 11 is 5.81. The van der Waals surface area contributed by atoms with Crippen molar-refractivity contribution in [3.8, 4) is 0 Å². The molecule has 3 heteroatoms. The monoisotopic (exact) mass is 214 g/mol. The van der Waals surface area contributed by atoms with Crippen LogP contribution in [0.5, 0.6) is 0 Å². The van der Waals surface area contributed by atoms with E-state index in [0.29, 0.717) is 18.2 Å². The lowest BCUT2D eigenvalue weighted by molar-refractivity contribution is -0.159. The predicted molar refractivity (Wildman–Crippen MR) is 58.1 cm³/mol. The number of hydrogen-bond acceptors (Lipinski definition) is 2. The minimum absolute atomic E-state index is 0.0871. The molecular weight excluding hydrogens is 200 g/mol. The molecule has 0 amide bonds. The summed E-state index contributed by atoms with van der Waals surface area (Å²) in [5.74, 6) is -0.495. The Bertz CT molecular complexity index is 236. The summed E-state index contributed by atoms with van der Waals surface area (Å²) in [4.78, 5) is 0. The number of ether oxygens (including phenoxy) is 2. The molecule has 1 saturated carbocycles. The summed E-state index contributed by atoms with van der Waals surface area (Å²) in [6, 6.07) is 0. The van der Waals surface area contributed by atoms with Crippen molar-refractivity contribution < 1.29 is 9.47 Å². The summed E-state index contributed by atoms with van der Waals surface area (Å²) in [6.45, 7) is 11.8. The van der Waals surface area contributed by atoms with Gasteiger partial charge in [-0.05, 0) is 0 Å². The van der Waals surface area contributed by atoms with Crippen LogP contribution < -0.4 is 0 Å². The Hall–Kier alpha value is -0.570. The molecule has 0 bridgehead atoms. The Morgan fingerprint density at radius 3 is 2.14 bits per heavy atom. The van der Waals surface area contributed by atoms with Crippen molar-refractivity contribution in [2.24, 2.45) is 5.92 Å². The molecule has 1 fully saturated rings. The van der Waals surface area contributed by atoms with Crippen molar-refractivity contribution in [3.63, 3.8) is 0 Å². The van der Waals surface area contributed by atoms with Gasteiger partial charge in [0.2, 0.25) is 0 Å². The molecule has 0 saturated heterocycles. The molecule has 0 unspecified atom stereocenters. The van der Waals surface area contributed by atoms with Gasteiger partial charge in [0.25, 0.3) is 0 Å². The topological polar surface area (TPSA) is 18.5 Å². The van der Waals surface area contributed by atoms with Gasteiger partial charge in [0.1, 0.15) is 0 Å². The van der Waals surface area contributed by atoms with Crippen LogP contribution in [0.15, 0.2) is 36.9 Å². The Labute approximate surface area is 89.8 Å². The van der Waals surface area contributed by atoms with Crippen molar-refractivity contribution in [1.29, 1.82) is 0 Å². The first-order chi connectivity index (χ1) is 6.66. The molecule has 1 aliphatic rings. The van der Waals surface area contributed by atoms with E-state index in [9.17, 15) is 0 Å². The molecule has 0 N–H and O–H groups in total. The van der Waals surface area contributed by atoms with Gasteiger partial charge in [-0.1, -0.05) is 30.3 Å². The van der Waals surface area contributed by atoms with Crippen LogP contribution in [0.2, 0.25) is 0 Å². The van der Waals surface area contributed by atoms with E-state index in [0.717, 1.165) is 6.42 Å². The molecule has 2 nitrogen and oxygen atoms in total. The quantitative estimate of drug-likeness (QED) is 0.479. The van der Waals surface area contributed by atoms with Gasteiger partial charge in [-0.2, -0.15) is 0 Å². The lowest BCUT2D eigenvalue weighted by Gasteiger charge is -2.17. The highest BCUT2D eigenvalue weighted by molar-refractivity contribution is 6.29. The SMILES string of the molecule is C=CCOC1(OCC=C)C[C@H]1C(=C)Cl. The van der Waals surface area contributed by atoms with Crippen molar-refractivity contribution in [3.05, 3.63) is 36.9 Å². The van der Waals surface area contributed by atoms with Crippen LogP contribution in [-0.2, 0) is 9.47 Å². The van der Waals surface area contributed by atoms with Gasteiger partial charge in [0, 0.05) is 11.5 Å². The number of hydrogen-bond donors (Lipinski definition) is 0. The largest absolute Gasteiger partial charge is 0.345 e. The Morgan fingerprint density at radius 1 is 1.36 bits per heavy atom. The number of halogens is 1. The molecule has 0 radical (unpaired) electrons. The third kappa shape index (κ3) is 2.47. The van der Waals surface area contributed by atoms with Crippen LogP contribution >= 0.6 is 11.6 Å².